The lowest BCUT2D eigenvalue weighted by atomic mass is 10.1. The lowest BCUT2D eigenvalue weighted by Crippen LogP contribution is -2.15. The molecule has 0 bridgehead atoms. The van der Waals surface area contributed by atoms with Crippen LogP contribution in [0, 0.1) is 5.92 Å². The molecule has 0 aliphatic heterocycles. The zero-order chi connectivity index (χ0) is 12.5. The topological polar surface area (TPSA) is 39.2 Å². The molecule has 0 fully saturated rings. The third kappa shape index (κ3) is 5.48. The molecule has 3 nitrogen and oxygen atoms in total. The highest BCUT2D eigenvalue weighted by Crippen LogP contribution is 2.08. The summed E-state index contributed by atoms with van der Waals surface area (Å²) >= 11 is 0. The van der Waals surface area contributed by atoms with Crippen molar-refractivity contribution >= 4 is 5.97 Å². The number of hydrogen-bond acceptors (Lipinski definition) is 3. The van der Waals surface area contributed by atoms with E-state index in [1.165, 1.54) is 5.56 Å². The molecule has 0 saturated heterocycles. The summed E-state index contributed by atoms with van der Waals surface area (Å²) in [5.41, 5.74) is 1.19. The Labute approximate surface area is 103 Å². The Balaban J connectivity index is 2.14. The average Bonchev–Trinajstić information content (AvgIpc) is 2.36. The molecule has 0 spiro atoms. The molecule has 1 atom stereocenters. The van der Waals surface area contributed by atoms with Gasteiger partial charge in [-0.2, -0.15) is 0 Å². The molecular weight excluding hydrogens is 214 g/mol. The highest BCUT2D eigenvalue weighted by atomic mass is 16.5. The van der Waals surface area contributed by atoms with Crippen LogP contribution in [0.25, 0.3) is 0 Å². The van der Waals surface area contributed by atoms with E-state index in [1.54, 1.807) is 6.20 Å². The van der Waals surface area contributed by atoms with Gasteiger partial charge in [0.25, 0.3) is 0 Å². The maximum atomic E-state index is 11.5. The molecule has 1 aromatic heterocycles. The van der Waals surface area contributed by atoms with Gasteiger partial charge in [-0.25, -0.2) is 0 Å². The van der Waals surface area contributed by atoms with Crippen molar-refractivity contribution in [3.05, 3.63) is 30.1 Å². The Morgan fingerprint density at radius 3 is 3.00 bits per heavy atom. The maximum Gasteiger partial charge on any atom is 0.308 e. The van der Waals surface area contributed by atoms with Gasteiger partial charge in [0.2, 0.25) is 0 Å². The van der Waals surface area contributed by atoms with E-state index in [0.717, 1.165) is 25.7 Å². The van der Waals surface area contributed by atoms with Crippen molar-refractivity contribution < 1.29 is 9.53 Å². The second-order valence-electron chi connectivity index (χ2n) is 4.32. The maximum absolute atomic E-state index is 11.5. The minimum atomic E-state index is -0.0713. The van der Waals surface area contributed by atoms with Crippen molar-refractivity contribution in [2.24, 2.45) is 5.92 Å². The van der Waals surface area contributed by atoms with Gasteiger partial charge in [0.1, 0.15) is 0 Å². The summed E-state index contributed by atoms with van der Waals surface area (Å²) in [5, 5.41) is 0. The number of nitrogens with zero attached hydrogens (tertiary/aromatic N) is 1. The van der Waals surface area contributed by atoms with E-state index in [9.17, 15) is 4.79 Å². The van der Waals surface area contributed by atoms with Crippen molar-refractivity contribution in [3.63, 3.8) is 0 Å². The van der Waals surface area contributed by atoms with E-state index in [1.807, 2.05) is 25.3 Å². The first-order valence-electron chi connectivity index (χ1n) is 6.29. The molecule has 0 radical (unpaired) electrons. The molecule has 1 rings (SSSR count). The lowest BCUT2D eigenvalue weighted by molar-refractivity contribution is -0.148. The minimum absolute atomic E-state index is 0.0263. The second-order valence-corrected chi connectivity index (χ2v) is 4.32. The second kappa shape index (κ2) is 7.82. The van der Waals surface area contributed by atoms with Crippen molar-refractivity contribution in [1.29, 1.82) is 0 Å². The fraction of sp³-hybridized carbons (Fsp3) is 0.571. The number of aryl methyl sites for hydroxylation is 1. The molecule has 0 aliphatic rings. The van der Waals surface area contributed by atoms with Crippen LogP contribution >= 0.6 is 0 Å². The van der Waals surface area contributed by atoms with Crippen molar-refractivity contribution in [2.75, 3.05) is 6.61 Å². The predicted molar refractivity (Wildman–Crippen MR) is 67.6 cm³/mol. The van der Waals surface area contributed by atoms with Crippen LogP contribution in [0.1, 0.15) is 38.7 Å². The average molecular weight is 235 g/mol. The summed E-state index contributed by atoms with van der Waals surface area (Å²) in [4.78, 5) is 15.6. The number of pyridine rings is 1. The number of carbonyl (C=O) groups is 1. The third-order valence-corrected chi connectivity index (χ3v) is 2.70. The van der Waals surface area contributed by atoms with Crippen molar-refractivity contribution in [3.8, 4) is 0 Å². The van der Waals surface area contributed by atoms with Gasteiger partial charge in [-0.15, -0.1) is 0 Å². The van der Waals surface area contributed by atoms with Crippen LogP contribution in [0.3, 0.4) is 0 Å². The Morgan fingerprint density at radius 1 is 1.53 bits per heavy atom. The molecule has 17 heavy (non-hydrogen) atoms. The fourth-order valence-corrected chi connectivity index (χ4v) is 1.69. The number of aromatic nitrogens is 1. The Kier molecular flexibility index (Phi) is 6.30. The first-order chi connectivity index (χ1) is 8.24. The lowest BCUT2D eigenvalue weighted by Gasteiger charge is -2.10. The summed E-state index contributed by atoms with van der Waals surface area (Å²) in [6.07, 6.45) is 7.30. The van der Waals surface area contributed by atoms with Crippen LogP contribution in [-0.4, -0.2) is 17.6 Å². The van der Waals surface area contributed by atoms with Crippen molar-refractivity contribution in [2.45, 2.75) is 39.5 Å². The number of ether oxygens (including phenoxy) is 1. The largest absolute Gasteiger partial charge is 0.465 e. The van der Waals surface area contributed by atoms with Crippen LogP contribution in [0.2, 0.25) is 0 Å². The van der Waals surface area contributed by atoms with Crippen LogP contribution < -0.4 is 0 Å². The van der Waals surface area contributed by atoms with Crippen molar-refractivity contribution in [1.82, 2.24) is 4.98 Å². The molecule has 0 aliphatic carbocycles. The van der Waals surface area contributed by atoms with Crippen LogP contribution in [0.5, 0.6) is 0 Å². The van der Waals surface area contributed by atoms with Gasteiger partial charge in [0.15, 0.2) is 0 Å². The monoisotopic (exact) mass is 235 g/mol. The standard InChI is InChI=1S/C14H21NO2/c1-3-6-12(2)14(16)17-10-5-8-13-7-4-9-15-11-13/h4,7,9,11-12H,3,5-6,8,10H2,1-2H3. The summed E-state index contributed by atoms with van der Waals surface area (Å²) in [6.45, 7) is 4.50. The van der Waals surface area contributed by atoms with Gasteiger partial charge < -0.3 is 4.74 Å². The summed E-state index contributed by atoms with van der Waals surface area (Å²) in [5.74, 6) is -0.0450. The third-order valence-electron chi connectivity index (χ3n) is 2.70. The normalized spacial score (nSPS) is 12.1. The molecule has 94 valence electrons. The molecule has 0 amide bonds. The summed E-state index contributed by atoms with van der Waals surface area (Å²) < 4.78 is 5.22. The molecule has 0 aromatic carbocycles. The summed E-state index contributed by atoms with van der Waals surface area (Å²) in [7, 11) is 0. The quantitative estimate of drug-likeness (QED) is 0.538. The number of rotatable bonds is 7. The van der Waals surface area contributed by atoms with Gasteiger partial charge in [0, 0.05) is 12.4 Å². The van der Waals surface area contributed by atoms with E-state index < -0.39 is 0 Å². The van der Waals surface area contributed by atoms with Crippen LogP contribution in [-0.2, 0) is 16.0 Å². The van der Waals surface area contributed by atoms with Gasteiger partial charge in [0.05, 0.1) is 12.5 Å². The van der Waals surface area contributed by atoms with E-state index in [2.05, 4.69) is 11.9 Å². The minimum Gasteiger partial charge on any atom is -0.465 e. The smallest absolute Gasteiger partial charge is 0.308 e. The Hall–Kier alpha value is -1.38. The Morgan fingerprint density at radius 2 is 2.35 bits per heavy atom. The molecule has 3 heteroatoms. The SMILES string of the molecule is CCCC(C)C(=O)OCCCc1cccnc1. The van der Waals surface area contributed by atoms with Crippen LogP contribution in [0.4, 0.5) is 0 Å². The van der Waals surface area contributed by atoms with Gasteiger partial charge >= 0.3 is 5.97 Å². The first kappa shape index (κ1) is 13.7. The zero-order valence-corrected chi connectivity index (χ0v) is 10.7. The van der Waals surface area contributed by atoms with Gasteiger partial charge in [-0.1, -0.05) is 26.3 Å². The van der Waals surface area contributed by atoms with Gasteiger partial charge in [-0.05, 0) is 30.9 Å². The number of hydrogen-bond donors (Lipinski definition) is 0. The Bertz CT molecular complexity index is 324. The fourth-order valence-electron chi connectivity index (χ4n) is 1.69. The van der Waals surface area contributed by atoms with E-state index in [4.69, 9.17) is 4.74 Å². The first-order valence-corrected chi connectivity index (χ1v) is 6.29. The molecule has 0 saturated carbocycles. The molecule has 0 N–H and O–H groups in total. The molecule has 1 unspecified atom stereocenters. The summed E-state index contributed by atoms with van der Waals surface area (Å²) in [6, 6.07) is 3.96. The molecule has 1 heterocycles. The van der Waals surface area contributed by atoms with Crippen LogP contribution in [0.15, 0.2) is 24.5 Å². The highest BCUT2D eigenvalue weighted by molar-refractivity contribution is 5.71. The molecule has 1 aromatic rings. The van der Waals surface area contributed by atoms with E-state index in [-0.39, 0.29) is 11.9 Å². The highest BCUT2D eigenvalue weighted by Gasteiger charge is 2.12. The number of esters is 1. The predicted octanol–water partition coefficient (Wildman–Crippen LogP) is 2.99. The molecular formula is C14H21NO2. The van der Waals surface area contributed by atoms with Gasteiger partial charge in [-0.3, -0.25) is 9.78 Å². The number of carbonyl (C=O) groups excluding carboxylic acids is 1. The van der Waals surface area contributed by atoms with E-state index >= 15 is 0 Å². The van der Waals surface area contributed by atoms with E-state index in [0.29, 0.717) is 6.61 Å². The zero-order valence-electron chi connectivity index (χ0n) is 10.7.